The van der Waals surface area contributed by atoms with Crippen LogP contribution in [-0.4, -0.2) is 17.0 Å². The lowest BCUT2D eigenvalue weighted by molar-refractivity contribution is 0.684. The van der Waals surface area contributed by atoms with Gasteiger partial charge in [0.2, 0.25) is 5.95 Å². The van der Waals surface area contributed by atoms with E-state index in [0.717, 1.165) is 23.1 Å². The van der Waals surface area contributed by atoms with Crippen LogP contribution in [0, 0.1) is 0 Å². The van der Waals surface area contributed by atoms with Crippen LogP contribution in [0.2, 0.25) is 0 Å². The first kappa shape index (κ1) is 14.3. The summed E-state index contributed by atoms with van der Waals surface area (Å²) in [5.74, 6) is 1.44. The Morgan fingerprint density at radius 2 is 2.32 bits per heavy atom. The lowest BCUT2D eigenvalue weighted by Gasteiger charge is -2.18. The summed E-state index contributed by atoms with van der Waals surface area (Å²) in [5, 5.41) is 8.56. The molecule has 1 unspecified atom stereocenters. The number of hydrogen-bond acceptors (Lipinski definition) is 5. The van der Waals surface area contributed by atoms with Crippen molar-refractivity contribution >= 4 is 39.0 Å². The summed E-state index contributed by atoms with van der Waals surface area (Å²) >= 11 is 5.26. The highest BCUT2D eigenvalue weighted by molar-refractivity contribution is 9.10. The van der Waals surface area contributed by atoms with Gasteiger partial charge >= 0.3 is 0 Å². The molecule has 102 valence electrons. The Labute approximate surface area is 125 Å². The van der Waals surface area contributed by atoms with Crippen LogP contribution in [0.25, 0.3) is 0 Å². The predicted octanol–water partition coefficient (Wildman–Crippen LogP) is 4.30. The molecule has 0 aromatic carbocycles. The highest BCUT2D eigenvalue weighted by Gasteiger charge is 2.14. The van der Waals surface area contributed by atoms with Gasteiger partial charge in [-0.25, -0.2) is 4.98 Å². The molecule has 2 rings (SSSR count). The lowest BCUT2D eigenvalue weighted by atomic mass is 10.1. The number of aromatic nitrogens is 2. The van der Waals surface area contributed by atoms with Crippen molar-refractivity contribution in [2.75, 3.05) is 17.7 Å². The molecule has 0 bridgehead atoms. The second-order valence-corrected chi connectivity index (χ2v) is 5.97. The molecule has 0 fully saturated rings. The molecule has 0 amide bonds. The molecule has 6 heteroatoms. The molecular formula is C13H17BrN4S. The number of hydrogen-bond donors (Lipinski definition) is 2. The van der Waals surface area contributed by atoms with E-state index in [9.17, 15) is 0 Å². The Morgan fingerprint density at radius 1 is 1.47 bits per heavy atom. The summed E-state index contributed by atoms with van der Waals surface area (Å²) in [4.78, 5) is 9.95. The molecule has 0 saturated heterocycles. The van der Waals surface area contributed by atoms with Crippen LogP contribution < -0.4 is 10.6 Å². The molecule has 0 aliphatic carbocycles. The van der Waals surface area contributed by atoms with Crippen molar-refractivity contribution in [3.63, 3.8) is 0 Å². The number of halogens is 1. The average Bonchev–Trinajstić information content (AvgIpc) is 2.94. The van der Waals surface area contributed by atoms with E-state index in [1.165, 1.54) is 4.88 Å². The van der Waals surface area contributed by atoms with Crippen LogP contribution in [0.3, 0.4) is 0 Å². The van der Waals surface area contributed by atoms with Gasteiger partial charge in [0.15, 0.2) is 0 Å². The van der Waals surface area contributed by atoms with Crippen LogP contribution in [0.5, 0.6) is 0 Å². The minimum absolute atomic E-state index is 0.293. The summed E-state index contributed by atoms with van der Waals surface area (Å²) < 4.78 is 0.879. The highest BCUT2D eigenvalue weighted by atomic mass is 79.9. The smallest absolute Gasteiger partial charge is 0.224 e. The van der Waals surface area contributed by atoms with Gasteiger partial charge in [-0.15, -0.1) is 11.3 Å². The van der Waals surface area contributed by atoms with E-state index in [0.29, 0.717) is 12.0 Å². The van der Waals surface area contributed by atoms with Gasteiger partial charge in [-0.2, -0.15) is 4.98 Å². The quantitative estimate of drug-likeness (QED) is 0.823. The molecule has 0 aliphatic rings. The van der Waals surface area contributed by atoms with Gasteiger partial charge in [-0.05, 0) is 33.8 Å². The summed E-state index contributed by atoms with van der Waals surface area (Å²) in [7, 11) is 1.82. The SMILES string of the molecule is CCCC(Nc1nc(NC)ncc1Br)c1cccs1. The molecule has 0 aliphatic heterocycles. The maximum absolute atomic E-state index is 4.45. The normalized spacial score (nSPS) is 12.2. The Balaban J connectivity index is 2.21. The predicted molar refractivity (Wildman–Crippen MR) is 84.9 cm³/mol. The van der Waals surface area contributed by atoms with E-state index in [1.54, 1.807) is 17.5 Å². The van der Waals surface area contributed by atoms with Crippen molar-refractivity contribution in [2.24, 2.45) is 0 Å². The van der Waals surface area contributed by atoms with Crippen LogP contribution in [0.4, 0.5) is 11.8 Å². The molecule has 2 N–H and O–H groups in total. The minimum Gasteiger partial charge on any atom is -0.361 e. The maximum Gasteiger partial charge on any atom is 0.224 e. The van der Waals surface area contributed by atoms with Crippen molar-refractivity contribution in [2.45, 2.75) is 25.8 Å². The molecule has 4 nitrogen and oxygen atoms in total. The van der Waals surface area contributed by atoms with Gasteiger partial charge in [0, 0.05) is 18.1 Å². The average molecular weight is 341 g/mol. The third kappa shape index (κ3) is 3.67. The van der Waals surface area contributed by atoms with E-state index < -0.39 is 0 Å². The summed E-state index contributed by atoms with van der Waals surface area (Å²) in [5.41, 5.74) is 0. The molecule has 0 saturated carbocycles. The highest BCUT2D eigenvalue weighted by Crippen LogP contribution is 2.30. The summed E-state index contributed by atoms with van der Waals surface area (Å²) in [6.07, 6.45) is 3.96. The zero-order valence-electron chi connectivity index (χ0n) is 11.0. The fraction of sp³-hybridized carbons (Fsp3) is 0.385. The number of anilines is 2. The molecule has 0 spiro atoms. The summed E-state index contributed by atoms with van der Waals surface area (Å²) in [6, 6.07) is 4.53. The van der Waals surface area contributed by atoms with Crippen LogP contribution in [0.1, 0.15) is 30.7 Å². The second kappa shape index (κ2) is 6.86. The fourth-order valence-electron chi connectivity index (χ4n) is 1.82. The largest absolute Gasteiger partial charge is 0.361 e. The van der Waals surface area contributed by atoms with Crippen molar-refractivity contribution < 1.29 is 0 Å². The molecule has 2 aromatic rings. The standard InChI is InChI=1S/C13H17BrN4S/c1-3-5-10(11-6-4-7-19-11)17-12-9(14)8-16-13(15-2)18-12/h4,6-8,10H,3,5H2,1-2H3,(H2,15,16,17,18). The first-order valence-electron chi connectivity index (χ1n) is 6.24. The van der Waals surface area contributed by atoms with Gasteiger partial charge in [-0.1, -0.05) is 19.4 Å². The first-order chi connectivity index (χ1) is 9.24. The number of nitrogens with one attached hydrogen (secondary N) is 2. The van der Waals surface area contributed by atoms with Gasteiger partial charge in [0.05, 0.1) is 10.5 Å². The van der Waals surface area contributed by atoms with E-state index >= 15 is 0 Å². The molecular weight excluding hydrogens is 324 g/mol. The Kier molecular flexibility index (Phi) is 5.15. The topological polar surface area (TPSA) is 49.8 Å². The zero-order chi connectivity index (χ0) is 13.7. The number of thiophene rings is 1. The Morgan fingerprint density at radius 3 is 2.95 bits per heavy atom. The van der Waals surface area contributed by atoms with E-state index in [4.69, 9.17) is 0 Å². The summed E-state index contributed by atoms with van der Waals surface area (Å²) in [6.45, 7) is 2.19. The van der Waals surface area contributed by atoms with Gasteiger partial charge in [-0.3, -0.25) is 0 Å². The Bertz CT molecular complexity index is 515. The van der Waals surface area contributed by atoms with Crippen LogP contribution in [0.15, 0.2) is 28.2 Å². The van der Waals surface area contributed by atoms with Crippen molar-refractivity contribution in [1.29, 1.82) is 0 Å². The molecule has 2 heterocycles. The number of rotatable bonds is 6. The van der Waals surface area contributed by atoms with Crippen LogP contribution >= 0.6 is 27.3 Å². The first-order valence-corrected chi connectivity index (χ1v) is 7.92. The molecule has 1 atom stereocenters. The van der Waals surface area contributed by atoms with E-state index in [1.807, 2.05) is 7.05 Å². The lowest BCUT2D eigenvalue weighted by Crippen LogP contribution is -2.12. The van der Waals surface area contributed by atoms with Gasteiger partial charge < -0.3 is 10.6 Å². The van der Waals surface area contributed by atoms with Gasteiger partial charge in [0.25, 0.3) is 0 Å². The van der Waals surface area contributed by atoms with Gasteiger partial charge in [0.1, 0.15) is 5.82 Å². The van der Waals surface area contributed by atoms with Crippen molar-refractivity contribution in [3.8, 4) is 0 Å². The molecule has 19 heavy (non-hydrogen) atoms. The second-order valence-electron chi connectivity index (χ2n) is 4.14. The Hall–Kier alpha value is -1.14. The fourth-order valence-corrected chi connectivity index (χ4v) is 2.94. The number of nitrogens with zero attached hydrogens (tertiary/aromatic N) is 2. The minimum atomic E-state index is 0.293. The van der Waals surface area contributed by atoms with E-state index in [2.05, 4.69) is 61.0 Å². The third-order valence-electron chi connectivity index (χ3n) is 2.74. The maximum atomic E-state index is 4.45. The van der Waals surface area contributed by atoms with E-state index in [-0.39, 0.29) is 0 Å². The molecule has 2 aromatic heterocycles. The zero-order valence-corrected chi connectivity index (χ0v) is 13.4. The molecule has 0 radical (unpaired) electrons. The van der Waals surface area contributed by atoms with Crippen molar-refractivity contribution in [3.05, 3.63) is 33.1 Å². The monoisotopic (exact) mass is 340 g/mol. The van der Waals surface area contributed by atoms with Crippen molar-refractivity contribution in [1.82, 2.24) is 9.97 Å². The third-order valence-corrected chi connectivity index (χ3v) is 4.31. The van der Waals surface area contributed by atoms with Crippen LogP contribution in [-0.2, 0) is 0 Å².